The van der Waals surface area contributed by atoms with Crippen LogP contribution >= 0.6 is 0 Å². The maximum atomic E-state index is 13.0. The number of likely N-dealkylation sites (tertiary alicyclic amines) is 1. The van der Waals surface area contributed by atoms with Crippen molar-refractivity contribution in [3.63, 3.8) is 0 Å². The van der Waals surface area contributed by atoms with E-state index in [0.29, 0.717) is 25.3 Å². The Hall–Kier alpha value is -3.54. The van der Waals surface area contributed by atoms with Crippen molar-refractivity contribution in [1.29, 1.82) is 0 Å². The van der Waals surface area contributed by atoms with Gasteiger partial charge in [-0.05, 0) is 42.2 Å². The Morgan fingerprint density at radius 1 is 0.971 bits per heavy atom. The largest absolute Gasteiger partial charge is 0.356 e. The van der Waals surface area contributed by atoms with E-state index in [1.807, 2.05) is 17.0 Å². The van der Waals surface area contributed by atoms with E-state index in [2.05, 4.69) is 63.8 Å². The molecule has 1 aliphatic carbocycles. The molecule has 1 saturated carbocycles. The van der Waals surface area contributed by atoms with Gasteiger partial charge in [-0.1, -0.05) is 60.7 Å². The molecule has 3 aromatic rings. The summed E-state index contributed by atoms with van der Waals surface area (Å²) in [4.78, 5) is 35.5. The van der Waals surface area contributed by atoms with E-state index >= 15 is 0 Å². The molecule has 1 atom stereocenters. The summed E-state index contributed by atoms with van der Waals surface area (Å²) in [7, 11) is 0. The number of benzene rings is 2. The van der Waals surface area contributed by atoms with Gasteiger partial charge in [0.05, 0.1) is 6.20 Å². The van der Waals surface area contributed by atoms with Crippen LogP contribution in [-0.4, -0.2) is 46.3 Å². The van der Waals surface area contributed by atoms with Gasteiger partial charge in [-0.15, -0.1) is 0 Å². The van der Waals surface area contributed by atoms with Crippen LogP contribution in [0.25, 0.3) is 0 Å². The first-order valence-corrected chi connectivity index (χ1v) is 12.1. The van der Waals surface area contributed by atoms with Gasteiger partial charge >= 0.3 is 0 Å². The molecule has 2 fully saturated rings. The second kappa shape index (κ2) is 9.75. The zero-order valence-electron chi connectivity index (χ0n) is 19.3. The smallest absolute Gasteiger partial charge is 0.274 e. The predicted molar refractivity (Wildman–Crippen MR) is 130 cm³/mol. The molecule has 1 spiro atoms. The van der Waals surface area contributed by atoms with Gasteiger partial charge in [-0.25, -0.2) is 4.98 Å². The fraction of sp³-hybridized carbons (Fsp3) is 0.357. The van der Waals surface area contributed by atoms with Gasteiger partial charge in [0.15, 0.2) is 0 Å². The highest BCUT2D eigenvalue weighted by molar-refractivity contribution is 5.92. The van der Waals surface area contributed by atoms with Crippen molar-refractivity contribution in [3.05, 3.63) is 96.1 Å². The maximum Gasteiger partial charge on any atom is 0.274 e. The summed E-state index contributed by atoms with van der Waals surface area (Å²) in [5, 5.41) is 3.21. The molecule has 34 heavy (non-hydrogen) atoms. The summed E-state index contributed by atoms with van der Waals surface area (Å²) in [6.07, 6.45) is 8.14. The molecule has 1 aromatic heterocycles. The van der Waals surface area contributed by atoms with Crippen LogP contribution in [0.2, 0.25) is 0 Å². The quantitative estimate of drug-likeness (QED) is 0.584. The van der Waals surface area contributed by atoms with E-state index in [-0.39, 0.29) is 29.1 Å². The molecule has 1 saturated heterocycles. The summed E-state index contributed by atoms with van der Waals surface area (Å²) in [6, 6.07) is 21.0. The first-order valence-electron chi connectivity index (χ1n) is 12.1. The van der Waals surface area contributed by atoms with E-state index in [9.17, 15) is 9.59 Å². The van der Waals surface area contributed by atoms with E-state index in [1.54, 1.807) is 12.4 Å². The van der Waals surface area contributed by atoms with Crippen LogP contribution in [0.15, 0.2) is 79.3 Å². The number of carbonyl (C=O) groups excluding carboxylic acids is 2. The summed E-state index contributed by atoms with van der Waals surface area (Å²) >= 11 is 0. The topological polar surface area (TPSA) is 75.2 Å². The fourth-order valence-corrected chi connectivity index (χ4v) is 5.36. The predicted octanol–water partition coefficient (Wildman–Crippen LogP) is 4.06. The van der Waals surface area contributed by atoms with Gasteiger partial charge < -0.3 is 10.2 Å². The molecule has 5 rings (SSSR count). The van der Waals surface area contributed by atoms with Gasteiger partial charge in [-0.2, -0.15) is 0 Å². The molecule has 1 aliphatic heterocycles. The number of aromatic nitrogens is 2. The van der Waals surface area contributed by atoms with Crippen molar-refractivity contribution in [2.24, 2.45) is 11.3 Å². The van der Waals surface area contributed by atoms with Crippen molar-refractivity contribution in [3.8, 4) is 0 Å². The van der Waals surface area contributed by atoms with Crippen molar-refractivity contribution < 1.29 is 9.59 Å². The zero-order chi connectivity index (χ0) is 23.4. The molecular weight excluding hydrogens is 424 g/mol. The molecule has 2 amide bonds. The highest BCUT2D eigenvalue weighted by Gasteiger charge is 2.58. The SMILES string of the molecule is O=C(NCCC(c1ccccc1)c1ccccc1)[C@H]1CC12CCN(C(=O)c1cnccn1)CC2. The van der Waals surface area contributed by atoms with Crippen LogP contribution in [-0.2, 0) is 4.79 Å². The van der Waals surface area contributed by atoms with Gasteiger partial charge in [0.2, 0.25) is 5.91 Å². The number of carbonyl (C=O) groups is 2. The Labute approximate surface area is 200 Å². The molecule has 174 valence electrons. The lowest BCUT2D eigenvalue weighted by molar-refractivity contribution is -0.123. The molecule has 0 bridgehead atoms. The van der Waals surface area contributed by atoms with E-state index in [4.69, 9.17) is 0 Å². The van der Waals surface area contributed by atoms with Gasteiger partial charge in [0.25, 0.3) is 5.91 Å². The van der Waals surface area contributed by atoms with Crippen molar-refractivity contribution >= 4 is 11.8 Å². The highest BCUT2D eigenvalue weighted by atomic mass is 16.2. The van der Waals surface area contributed by atoms with E-state index in [0.717, 1.165) is 25.7 Å². The number of nitrogens with one attached hydrogen (secondary N) is 1. The molecule has 2 heterocycles. The fourth-order valence-electron chi connectivity index (χ4n) is 5.36. The molecule has 2 aliphatic rings. The van der Waals surface area contributed by atoms with Crippen LogP contribution in [0.5, 0.6) is 0 Å². The number of hydrogen-bond donors (Lipinski definition) is 1. The molecule has 6 nitrogen and oxygen atoms in total. The number of nitrogens with zero attached hydrogens (tertiary/aromatic N) is 3. The maximum absolute atomic E-state index is 13.0. The third kappa shape index (κ3) is 4.72. The molecule has 0 unspecified atom stereocenters. The number of rotatable bonds is 7. The van der Waals surface area contributed by atoms with Crippen molar-refractivity contribution in [1.82, 2.24) is 20.2 Å². The third-order valence-corrected chi connectivity index (χ3v) is 7.47. The highest BCUT2D eigenvalue weighted by Crippen LogP contribution is 2.59. The standard InChI is InChI=1S/C28H30N4O2/c33-26(31-14-11-23(21-7-3-1-4-8-21)22-9-5-2-6-10-22)24-19-28(24)12-17-32(18-13-28)27(34)25-20-29-15-16-30-25/h1-10,15-16,20,23-24H,11-14,17-19H2,(H,31,33)/t24-/m1/s1. The van der Waals surface area contributed by atoms with Crippen LogP contribution in [0.4, 0.5) is 0 Å². The lowest BCUT2D eigenvalue weighted by Gasteiger charge is -2.32. The summed E-state index contributed by atoms with van der Waals surface area (Å²) in [5.41, 5.74) is 2.98. The Morgan fingerprint density at radius 3 is 2.21 bits per heavy atom. The normalized spacial score (nSPS) is 18.6. The number of amides is 2. The molecule has 6 heteroatoms. The van der Waals surface area contributed by atoms with Gasteiger partial charge in [0, 0.05) is 43.9 Å². The lowest BCUT2D eigenvalue weighted by Crippen LogP contribution is -2.41. The van der Waals surface area contributed by atoms with Gasteiger partial charge in [0.1, 0.15) is 5.69 Å². The first-order chi connectivity index (χ1) is 16.7. The van der Waals surface area contributed by atoms with Crippen LogP contribution < -0.4 is 5.32 Å². The van der Waals surface area contributed by atoms with E-state index < -0.39 is 0 Å². The number of hydrogen-bond acceptors (Lipinski definition) is 4. The minimum Gasteiger partial charge on any atom is -0.356 e. The third-order valence-electron chi connectivity index (χ3n) is 7.47. The van der Waals surface area contributed by atoms with Crippen molar-refractivity contribution in [2.45, 2.75) is 31.6 Å². The summed E-state index contributed by atoms with van der Waals surface area (Å²) < 4.78 is 0. The van der Waals surface area contributed by atoms with Crippen LogP contribution in [0.1, 0.15) is 53.2 Å². The summed E-state index contributed by atoms with van der Waals surface area (Å²) in [6.45, 7) is 1.99. The minimum atomic E-state index is -0.0718. The summed E-state index contributed by atoms with van der Waals surface area (Å²) in [5.74, 6) is 0.408. The van der Waals surface area contributed by atoms with Crippen LogP contribution in [0.3, 0.4) is 0 Å². The minimum absolute atomic E-state index is 0.0570. The van der Waals surface area contributed by atoms with Gasteiger partial charge in [-0.3, -0.25) is 14.6 Å². The average molecular weight is 455 g/mol. The monoisotopic (exact) mass is 454 g/mol. The lowest BCUT2D eigenvalue weighted by atomic mass is 9.88. The Morgan fingerprint density at radius 2 is 1.62 bits per heavy atom. The second-order valence-electron chi connectivity index (χ2n) is 9.46. The van der Waals surface area contributed by atoms with E-state index in [1.165, 1.54) is 17.3 Å². The molecule has 1 N–H and O–H groups in total. The Bertz CT molecular complexity index is 1070. The molecular formula is C28H30N4O2. The first kappa shape index (κ1) is 22.3. The zero-order valence-corrected chi connectivity index (χ0v) is 19.3. The average Bonchev–Trinajstić information content (AvgIpc) is 3.61. The Kier molecular flexibility index (Phi) is 6.39. The van der Waals surface area contributed by atoms with Crippen LogP contribution in [0, 0.1) is 11.3 Å². The molecule has 2 aromatic carbocycles. The van der Waals surface area contributed by atoms with Crippen molar-refractivity contribution in [2.75, 3.05) is 19.6 Å². The molecule has 0 radical (unpaired) electrons. The second-order valence-corrected chi connectivity index (χ2v) is 9.46. The Balaban J connectivity index is 1.13. The number of piperidine rings is 1.